The van der Waals surface area contributed by atoms with Gasteiger partial charge in [0.1, 0.15) is 5.82 Å². The van der Waals surface area contributed by atoms with E-state index in [1.165, 1.54) is 12.8 Å². The minimum absolute atomic E-state index is 0.589. The van der Waals surface area contributed by atoms with E-state index >= 15 is 0 Å². The van der Waals surface area contributed by atoms with Gasteiger partial charge in [0.25, 0.3) is 0 Å². The molecule has 1 aromatic heterocycles. The van der Waals surface area contributed by atoms with Crippen molar-refractivity contribution < 1.29 is 4.74 Å². The van der Waals surface area contributed by atoms with Gasteiger partial charge in [-0.3, -0.25) is 4.90 Å². The summed E-state index contributed by atoms with van der Waals surface area (Å²) >= 11 is 0. The van der Waals surface area contributed by atoms with Crippen molar-refractivity contribution in [3.05, 3.63) is 23.9 Å². The van der Waals surface area contributed by atoms with Gasteiger partial charge in [-0.15, -0.1) is 0 Å². The molecule has 0 bridgehead atoms. The molecular formula is C14H24N4O. The number of ether oxygens (including phenoxy) is 1. The van der Waals surface area contributed by atoms with Crippen LogP contribution in [-0.4, -0.2) is 36.2 Å². The topological polar surface area (TPSA) is 63.4 Å². The maximum Gasteiger partial charge on any atom is 0.140 e. The third-order valence-corrected chi connectivity index (χ3v) is 3.78. The lowest BCUT2D eigenvalue weighted by atomic mass is 10.1. The van der Waals surface area contributed by atoms with Gasteiger partial charge in [-0.2, -0.15) is 0 Å². The van der Waals surface area contributed by atoms with Gasteiger partial charge in [0.15, 0.2) is 0 Å². The van der Waals surface area contributed by atoms with Crippen molar-refractivity contribution in [2.45, 2.75) is 32.4 Å². The van der Waals surface area contributed by atoms with Crippen LogP contribution in [0.4, 0.5) is 5.82 Å². The minimum Gasteiger partial charge on any atom is -0.383 e. The van der Waals surface area contributed by atoms with Crippen LogP contribution in [0.15, 0.2) is 18.2 Å². The summed E-state index contributed by atoms with van der Waals surface area (Å²) in [5.41, 5.74) is 3.63. The lowest BCUT2D eigenvalue weighted by Crippen LogP contribution is -2.36. The zero-order valence-electron chi connectivity index (χ0n) is 11.8. The maximum atomic E-state index is 5.40. The monoisotopic (exact) mass is 264 g/mol. The number of anilines is 1. The van der Waals surface area contributed by atoms with E-state index in [9.17, 15) is 0 Å². The first-order valence-electron chi connectivity index (χ1n) is 6.90. The van der Waals surface area contributed by atoms with E-state index in [1.807, 2.05) is 18.2 Å². The Morgan fingerprint density at radius 1 is 1.53 bits per heavy atom. The molecule has 1 aromatic rings. The van der Waals surface area contributed by atoms with Crippen LogP contribution in [0.5, 0.6) is 0 Å². The summed E-state index contributed by atoms with van der Waals surface area (Å²) in [5.74, 6) is 6.95. The Kier molecular flexibility index (Phi) is 5.13. The van der Waals surface area contributed by atoms with Crippen molar-refractivity contribution in [1.82, 2.24) is 9.88 Å². The van der Waals surface area contributed by atoms with E-state index in [1.54, 1.807) is 7.11 Å². The average Bonchev–Trinajstić information content (AvgIpc) is 3.27. The summed E-state index contributed by atoms with van der Waals surface area (Å²) in [7, 11) is 1.75. The molecule has 3 N–H and O–H groups in total. The number of nitrogens with two attached hydrogens (primary N) is 1. The van der Waals surface area contributed by atoms with E-state index < -0.39 is 0 Å². The van der Waals surface area contributed by atoms with Crippen LogP contribution in [0, 0.1) is 5.92 Å². The number of nitrogens with zero attached hydrogens (tertiary/aromatic N) is 2. The predicted octanol–water partition coefficient (Wildman–Crippen LogP) is 1.61. The largest absolute Gasteiger partial charge is 0.383 e. The highest BCUT2D eigenvalue weighted by molar-refractivity contribution is 5.33. The van der Waals surface area contributed by atoms with Gasteiger partial charge in [0.05, 0.1) is 12.3 Å². The van der Waals surface area contributed by atoms with Crippen molar-refractivity contribution in [2.24, 2.45) is 11.8 Å². The number of methoxy groups -OCH3 is 1. The molecule has 1 aliphatic rings. The summed E-state index contributed by atoms with van der Waals surface area (Å²) in [6.07, 6.45) is 2.70. The van der Waals surface area contributed by atoms with Gasteiger partial charge in [-0.1, -0.05) is 6.07 Å². The first-order chi connectivity index (χ1) is 9.24. The molecular weight excluding hydrogens is 240 g/mol. The summed E-state index contributed by atoms with van der Waals surface area (Å²) < 4.78 is 5.21. The van der Waals surface area contributed by atoms with Gasteiger partial charge in [-0.05, 0) is 37.8 Å². The SMILES string of the molecule is COCCN(Cc1cccc(NN)n1)C(C)C1CC1. The lowest BCUT2D eigenvalue weighted by molar-refractivity contribution is 0.111. The Balaban J connectivity index is 2.00. The number of pyridine rings is 1. The van der Waals surface area contributed by atoms with Crippen LogP contribution < -0.4 is 11.3 Å². The molecule has 0 aromatic carbocycles. The fourth-order valence-corrected chi connectivity index (χ4v) is 2.37. The zero-order chi connectivity index (χ0) is 13.7. The fraction of sp³-hybridized carbons (Fsp3) is 0.643. The third kappa shape index (κ3) is 4.16. The molecule has 0 spiro atoms. The van der Waals surface area contributed by atoms with Crippen LogP contribution in [0.1, 0.15) is 25.5 Å². The van der Waals surface area contributed by atoms with Crippen LogP contribution in [-0.2, 0) is 11.3 Å². The standard InChI is InChI=1S/C14H24N4O/c1-11(12-6-7-12)18(8-9-19-2)10-13-4-3-5-14(16-13)17-15/h3-5,11-12H,6-10,15H2,1-2H3,(H,16,17). The molecule has 0 aliphatic heterocycles. The Hall–Kier alpha value is -1.17. The first kappa shape index (κ1) is 14.2. The van der Waals surface area contributed by atoms with E-state index in [2.05, 4.69) is 22.2 Å². The molecule has 5 nitrogen and oxygen atoms in total. The van der Waals surface area contributed by atoms with Crippen molar-refractivity contribution in [3.63, 3.8) is 0 Å². The highest BCUT2D eigenvalue weighted by Gasteiger charge is 2.31. The van der Waals surface area contributed by atoms with Crippen LogP contribution in [0.2, 0.25) is 0 Å². The molecule has 0 radical (unpaired) electrons. The number of aromatic nitrogens is 1. The number of nitrogen functional groups attached to an aromatic ring is 1. The second kappa shape index (κ2) is 6.84. The van der Waals surface area contributed by atoms with E-state index in [4.69, 9.17) is 10.6 Å². The fourth-order valence-electron chi connectivity index (χ4n) is 2.37. The van der Waals surface area contributed by atoms with Gasteiger partial charge in [0, 0.05) is 26.2 Å². The quantitative estimate of drug-likeness (QED) is 0.552. The highest BCUT2D eigenvalue weighted by atomic mass is 16.5. The van der Waals surface area contributed by atoms with E-state index in [-0.39, 0.29) is 0 Å². The predicted molar refractivity (Wildman–Crippen MR) is 76.5 cm³/mol. The van der Waals surface area contributed by atoms with Gasteiger partial charge < -0.3 is 10.2 Å². The maximum absolute atomic E-state index is 5.40. The second-order valence-corrected chi connectivity index (χ2v) is 5.20. The average molecular weight is 264 g/mol. The highest BCUT2D eigenvalue weighted by Crippen LogP contribution is 2.35. The molecule has 5 heteroatoms. The molecule has 1 unspecified atom stereocenters. The molecule has 106 valence electrons. The van der Waals surface area contributed by atoms with Crippen molar-refractivity contribution >= 4 is 5.82 Å². The summed E-state index contributed by atoms with van der Waals surface area (Å²) in [6, 6.07) is 6.48. The molecule has 1 heterocycles. The Labute approximate surface area is 115 Å². The normalized spacial score (nSPS) is 16.6. The van der Waals surface area contributed by atoms with Crippen LogP contribution in [0.25, 0.3) is 0 Å². The van der Waals surface area contributed by atoms with Crippen molar-refractivity contribution in [1.29, 1.82) is 0 Å². The van der Waals surface area contributed by atoms with Gasteiger partial charge in [0.2, 0.25) is 0 Å². The zero-order valence-corrected chi connectivity index (χ0v) is 11.8. The second-order valence-electron chi connectivity index (χ2n) is 5.20. The van der Waals surface area contributed by atoms with Crippen LogP contribution >= 0.6 is 0 Å². The number of hydrogen-bond donors (Lipinski definition) is 2. The van der Waals surface area contributed by atoms with E-state index in [0.717, 1.165) is 31.3 Å². The van der Waals surface area contributed by atoms with Crippen molar-refractivity contribution in [2.75, 3.05) is 25.7 Å². The molecule has 0 amide bonds. The molecule has 1 atom stereocenters. The Bertz CT molecular complexity index is 395. The Morgan fingerprint density at radius 2 is 2.32 bits per heavy atom. The smallest absolute Gasteiger partial charge is 0.140 e. The summed E-state index contributed by atoms with van der Waals surface area (Å²) in [5, 5.41) is 0. The van der Waals surface area contributed by atoms with Gasteiger partial charge >= 0.3 is 0 Å². The number of nitrogens with one attached hydrogen (secondary N) is 1. The number of rotatable bonds is 8. The molecule has 0 saturated heterocycles. The summed E-state index contributed by atoms with van der Waals surface area (Å²) in [4.78, 5) is 6.93. The first-order valence-corrected chi connectivity index (χ1v) is 6.90. The number of hydrazine groups is 1. The summed E-state index contributed by atoms with van der Waals surface area (Å²) in [6.45, 7) is 4.84. The number of hydrogen-bond acceptors (Lipinski definition) is 5. The van der Waals surface area contributed by atoms with E-state index in [0.29, 0.717) is 11.9 Å². The molecule has 19 heavy (non-hydrogen) atoms. The minimum atomic E-state index is 0.589. The molecule has 2 rings (SSSR count). The molecule has 1 saturated carbocycles. The molecule has 1 fully saturated rings. The van der Waals surface area contributed by atoms with Crippen LogP contribution in [0.3, 0.4) is 0 Å². The lowest BCUT2D eigenvalue weighted by Gasteiger charge is -2.28. The Morgan fingerprint density at radius 3 is 2.95 bits per heavy atom. The third-order valence-electron chi connectivity index (χ3n) is 3.78. The van der Waals surface area contributed by atoms with Gasteiger partial charge in [-0.25, -0.2) is 10.8 Å². The molecule has 1 aliphatic carbocycles. The van der Waals surface area contributed by atoms with Crippen molar-refractivity contribution in [3.8, 4) is 0 Å².